The van der Waals surface area contributed by atoms with Crippen molar-refractivity contribution in [3.05, 3.63) is 65.2 Å². The van der Waals surface area contributed by atoms with Crippen LogP contribution in [0.4, 0.5) is 11.4 Å². The third-order valence-corrected chi connectivity index (χ3v) is 7.15. The molecule has 2 aliphatic heterocycles. The lowest BCUT2D eigenvalue weighted by atomic mass is 9.85. The first-order valence-electron chi connectivity index (χ1n) is 11.2. The van der Waals surface area contributed by atoms with E-state index in [2.05, 4.69) is 0 Å². The molecule has 174 valence electrons. The smallest absolute Gasteiger partial charge is 0.316 e. The Kier molecular flexibility index (Phi) is 5.73. The van der Waals surface area contributed by atoms with Gasteiger partial charge < -0.3 is 9.64 Å². The lowest BCUT2D eigenvalue weighted by Crippen LogP contribution is -2.30. The molecule has 0 radical (unpaired) electrons. The molecule has 2 saturated heterocycles. The van der Waals surface area contributed by atoms with E-state index in [0.29, 0.717) is 29.2 Å². The molecule has 0 N–H and O–H groups in total. The molecule has 0 saturated carbocycles. The molecule has 0 bridgehead atoms. The van der Waals surface area contributed by atoms with E-state index < -0.39 is 11.9 Å². The molecule has 5 rings (SSSR count). The zero-order valence-electron chi connectivity index (χ0n) is 18.6. The van der Waals surface area contributed by atoms with Crippen molar-refractivity contribution in [2.75, 3.05) is 16.3 Å². The third-order valence-electron chi connectivity index (χ3n) is 6.75. The maximum Gasteiger partial charge on any atom is 0.316 e. The van der Waals surface area contributed by atoms with Crippen LogP contribution in [0.5, 0.6) is 5.75 Å². The number of imide groups is 1. The van der Waals surface area contributed by atoms with Crippen molar-refractivity contribution in [1.29, 1.82) is 0 Å². The molecule has 7 nitrogen and oxygen atoms in total. The van der Waals surface area contributed by atoms with Crippen LogP contribution in [0.1, 0.15) is 24.8 Å². The Morgan fingerprint density at radius 1 is 0.941 bits per heavy atom. The number of ether oxygens (including phenoxy) is 1. The fourth-order valence-electron chi connectivity index (χ4n) is 4.78. The van der Waals surface area contributed by atoms with Crippen molar-refractivity contribution in [1.82, 2.24) is 0 Å². The molecule has 2 aromatic rings. The van der Waals surface area contributed by atoms with Gasteiger partial charge in [-0.05, 0) is 61.7 Å². The van der Waals surface area contributed by atoms with Gasteiger partial charge in [-0.3, -0.25) is 24.1 Å². The fourth-order valence-corrected chi connectivity index (χ4v) is 4.96. The number of benzene rings is 2. The second-order valence-electron chi connectivity index (χ2n) is 8.92. The number of aryl methyl sites for hydroxylation is 1. The first kappa shape index (κ1) is 22.3. The van der Waals surface area contributed by atoms with Crippen LogP contribution in [-0.4, -0.2) is 30.2 Å². The van der Waals surface area contributed by atoms with Crippen LogP contribution in [-0.2, 0) is 19.2 Å². The number of amides is 3. The molecule has 2 heterocycles. The molecule has 0 aromatic heterocycles. The number of hydrogen-bond donors (Lipinski definition) is 0. The number of carbonyl (C=O) groups excluding carboxylic acids is 4. The second-order valence-corrected chi connectivity index (χ2v) is 9.33. The maximum absolute atomic E-state index is 12.7. The van der Waals surface area contributed by atoms with Crippen LogP contribution in [0.3, 0.4) is 0 Å². The van der Waals surface area contributed by atoms with Gasteiger partial charge in [0, 0.05) is 23.7 Å². The highest BCUT2D eigenvalue weighted by Crippen LogP contribution is 2.38. The lowest BCUT2D eigenvalue weighted by molar-refractivity contribution is -0.139. The van der Waals surface area contributed by atoms with Gasteiger partial charge in [-0.25, -0.2) is 0 Å². The Morgan fingerprint density at radius 2 is 1.56 bits per heavy atom. The van der Waals surface area contributed by atoms with Crippen molar-refractivity contribution >= 4 is 46.7 Å². The van der Waals surface area contributed by atoms with E-state index in [-0.39, 0.29) is 48.3 Å². The van der Waals surface area contributed by atoms with Gasteiger partial charge >= 0.3 is 5.97 Å². The van der Waals surface area contributed by atoms with Crippen molar-refractivity contribution in [2.45, 2.75) is 26.2 Å². The van der Waals surface area contributed by atoms with E-state index >= 15 is 0 Å². The molecule has 3 amide bonds. The molecule has 0 spiro atoms. The summed E-state index contributed by atoms with van der Waals surface area (Å²) in [7, 11) is 0. The minimum absolute atomic E-state index is 0.0516. The second kappa shape index (κ2) is 8.72. The minimum atomic E-state index is -0.607. The van der Waals surface area contributed by atoms with Gasteiger partial charge in [-0.15, -0.1) is 0 Å². The number of nitrogens with zero attached hydrogens (tertiary/aromatic N) is 2. The van der Waals surface area contributed by atoms with E-state index in [0.717, 1.165) is 5.56 Å². The van der Waals surface area contributed by atoms with Gasteiger partial charge in [0.2, 0.25) is 17.7 Å². The number of allylic oxidation sites excluding steroid dienone is 2. The van der Waals surface area contributed by atoms with E-state index in [1.807, 2.05) is 25.1 Å². The molecular weight excluding hydrogens is 456 g/mol. The number of rotatable bonds is 4. The summed E-state index contributed by atoms with van der Waals surface area (Å²) in [5.41, 5.74) is 2.02. The zero-order valence-corrected chi connectivity index (χ0v) is 19.3. The van der Waals surface area contributed by atoms with Gasteiger partial charge in [0.05, 0.1) is 23.4 Å². The highest BCUT2D eigenvalue weighted by molar-refractivity contribution is 6.31. The van der Waals surface area contributed by atoms with Crippen LogP contribution in [0, 0.1) is 24.7 Å². The van der Waals surface area contributed by atoms with Gasteiger partial charge in [0.15, 0.2) is 0 Å². The standard InChI is InChI=1S/C26H23ClN2O5/c1-15-6-7-18(13-22(15)27)28-14-16(12-23(28)30)26(33)34-19-10-8-17(9-11-19)29-24(31)20-4-2-3-5-21(20)25(29)32/h2-3,6-11,13,16,20-21H,4-5,12,14H2,1H3/t16-,20+,21+/m1/s1. The lowest BCUT2D eigenvalue weighted by Gasteiger charge is -2.17. The number of anilines is 2. The maximum atomic E-state index is 12.7. The van der Waals surface area contributed by atoms with E-state index in [1.165, 1.54) is 4.90 Å². The van der Waals surface area contributed by atoms with E-state index in [1.54, 1.807) is 41.3 Å². The summed E-state index contributed by atoms with van der Waals surface area (Å²) < 4.78 is 5.50. The van der Waals surface area contributed by atoms with E-state index in [4.69, 9.17) is 16.3 Å². The van der Waals surface area contributed by atoms with Crippen LogP contribution >= 0.6 is 11.6 Å². The number of carbonyl (C=O) groups is 4. The van der Waals surface area contributed by atoms with Crippen LogP contribution < -0.4 is 14.5 Å². The Labute approximate surface area is 201 Å². The summed E-state index contributed by atoms with van der Waals surface area (Å²) in [5, 5.41) is 0.557. The van der Waals surface area contributed by atoms with Crippen molar-refractivity contribution in [3.63, 3.8) is 0 Å². The highest BCUT2D eigenvalue weighted by Gasteiger charge is 2.47. The van der Waals surface area contributed by atoms with Gasteiger partial charge in [0.25, 0.3) is 0 Å². The van der Waals surface area contributed by atoms with Gasteiger partial charge in [-0.2, -0.15) is 0 Å². The summed E-state index contributed by atoms with van der Waals surface area (Å²) in [4.78, 5) is 53.5. The van der Waals surface area contributed by atoms with Gasteiger partial charge in [-0.1, -0.05) is 29.8 Å². The Bertz CT molecular complexity index is 1200. The van der Waals surface area contributed by atoms with E-state index in [9.17, 15) is 19.2 Å². The van der Waals surface area contributed by atoms with Gasteiger partial charge in [0.1, 0.15) is 5.75 Å². The van der Waals surface area contributed by atoms with Crippen LogP contribution in [0.2, 0.25) is 5.02 Å². The Morgan fingerprint density at radius 3 is 2.18 bits per heavy atom. The third kappa shape index (κ3) is 3.90. The number of halogens is 1. The first-order chi connectivity index (χ1) is 16.3. The molecular formula is C26H23ClN2O5. The van der Waals surface area contributed by atoms with Crippen LogP contribution in [0.15, 0.2) is 54.6 Å². The van der Waals surface area contributed by atoms with Crippen molar-refractivity contribution in [3.8, 4) is 5.75 Å². The molecule has 3 atom stereocenters. The molecule has 2 aromatic carbocycles. The summed E-state index contributed by atoms with van der Waals surface area (Å²) in [5.74, 6) is -1.98. The zero-order chi connectivity index (χ0) is 24.0. The topological polar surface area (TPSA) is 84.0 Å². The van der Waals surface area contributed by atoms with Crippen molar-refractivity contribution in [2.24, 2.45) is 17.8 Å². The largest absolute Gasteiger partial charge is 0.426 e. The predicted molar refractivity (Wildman–Crippen MR) is 127 cm³/mol. The van der Waals surface area contributed by atoms with Crippen LogP contribution in [0.25, 0.3) is 0 Å². The highest BCUT2D eigenvalue weighted by atomic mass is 35.5. The Hall–Kier alpha value is -3.45. The Balaban J connectivity index is 1.24. The first-order valence-corrected chi connectivity index (χ1v) is 11.6. The average Bonchev–Trinajstić information content (AvgIpc) is 3.34. The summed E-state index contributed by atoms with van der Waals surface area (Å²) in [6.07, 6.45) is 5.10. The number of fused-ring (bicyclic) bond motifs is 1. The summed E-state index contributed by atoms with van der Waals surface area (Å²) in [6.45, 7) is 2.09. The normalized spacial score (nSPS) is 24.1. The molecule has 2 fully saturated rings. The number of esters is 1. The molecule has 1 aliphatic carbocycles. The average molecular weight is 479 g/mol. The SMILES string of the molecule is Cc1ccc(N2C[C@H](C(=O)Oc3ccc(N4C(=O)[C@H]5CC=CC[C@@H]5C4=O)cc3)CC2=O)cc1Cl. The summed E-state index contributed by atoms with van der Waals surface area (Å²) >= 11 is 6.18. The predicted octanol–water partition coefficient (Wildman–Crippen LogP) is 4.06. The molecule has 34 heavy (non-hydrogen) atoms. The molecule has 0 unspecified atom stereocenters. The number of hydrogen-bond acceptors (Lipinski definition) is 5. The monoisotopic (exact) mass is 478 g/mol. The fraction of sp³-hybridized carbons (Fsp3) is 0.308. The quantitative estimate of drug-likeness (QED) is 0.286. The molecule has 3 aliphatic rings. The molecule has 8 heteroatoms. The van der Waals surface area contributed by atoms with Crippen molar-refractivity contribution < 1.29 is 23.9 Å². The summed E-state index contributed by atoms with van der Waals surface area (Å²) in [6, 6.07) is 11.7. The minimum Gasteiger partial charge on any atom is -0.426 e.